The zero-order valence-corrected chi connectivity index (χ0v) is 20.8. The summed E-state index contributed by atoms with van der Waals surface area (Å²) in [5.41, 5.74) is 1.55. The number of imide groups is 1. The fourth-order valence-corrected chi connectivity index (χ4v) is 5.28. The number of allylic oxidation sites excluding steroid dienone is 2. The molecule has 0 N–H and O–H groups in total. The van der Waals surface area contributed by atoms with Gasteiger partial charge in [-0.3, -0.25) is 29.3 Å². The molecule has 0 aromatic heterocycles. The third-order valence-corrected chi connectivity index (χ3v) is 7.24. The van der Waals surface area contributed by atoms with Crippen LogP contribution < -0.4 is 19.3 Å². The lowest BCUT2D eigenvalue weighted by atomic mass is 9.82. The standard InChI is InChI=1S/C27H25N3O8/c1-15-6-8-20-21(10-15)26(33)29(25(20)32)17-4-3-5-19(12-17)38-27(34)16-11-24(31)28(14-16)22-9-7-18(30(35)36)13-23(22)37-2/h3-7,9,12-13,16,20-21H,8,10-11,14H2,1-2H3/t16-,20-,21+/m1/s1. The minimum absolute atomic E-state index is 0.00430. The fourth-order valence-electron chi connectivity index (χ4n) is 5.28. The number of methoxy groups -OCH3 is 1. The van der Waals surface area contributed by atoms with Crippen molar-refractivity contribution in [1.29, 1.82) is 0 Å². The number of hydrogen-bond acceptors (Lipinski definition) is 8. The summed E-state index contributed by atoms with van der Waals surface area (Å²) < 4.78 is 10.8. The van der Waals surface area contributed by atoms with Crippen molar-refractivity contribution in [3.05, 3.63) is 64.2 Å². The number of nitrogens with zero attached hydrogens (tertiary/aromatic N) is 3. The number of non-ortho nitro benzene ring substituents is 1. The van der Waals surface area contributed by atoms with E-state index < -0.39 is 16.8 Å². The van der Waals surface area contributed by atoms with Crippen LogP contribution in [-0.4, -0.2) is 42.3 Å². The van der Waals surface area contributed by atoms with Crippen LogP contribution in [0.4, 0.5) is 17.1 Å². The Hall–Kier alpha value is -4.54. The van der Waals surface area contributed by atoms with Gasteiger partial charge in [-0.1, -0.05) is 17.7 Å². The largest absolute Gasteiger partial charge is 0.494 e. The maximum atomic E-state index is 13.0. The van der Waals surface area contributed by atoms with Crippen LogP contribution in [0.15, 0.2) is 54.1 Å². The number of benzene rings is 2. The third-order valence-electron chi connectivity index (χ3n) is 7.24. The summed E-state index contributed by atoms with van der Waals surface area (Å²) in [4.78, 5) is 64.7. The first-order valence-electron chi connectivity index (χ1n) is 12.2. The summed E-state index contributed by atoms with van der Waals surface area (Å²) in [5.74, 6) is -2.80. The van der Waals surface area contributed by atoms with Crippen LogP contribution in [-0.2, 0) is 19.2 Å². The smallest absolute Gasteiger partial charge is 0.316 e. The van der Waals surface area contributed by atoms with Crippen molar-refractivity contribution in [3.63, 3.8) is 0 Å². The second-order valence-corrected chi connectivity index (χ2v) is 9.65. The summed E-state index contributed by atoms with van der Waals surface area (Å²) >= 11 is 0. The molecule has 3 atom stereocenters. The van der Waals surface area contributed by atoms with Crippen LogP contribution in [0.5, 0.6) is 11.5 Å². The molecular formula is C27H25N3O8. The predicted molar refractivity (Wildman–Crippen MR) is 135 cm³/mol. The molecule has 11 heteroatoms. The number of ether oxygens (including phenoxy) is 2. The topological polar surface area (TPSA) is 136 Å². The fraction of sp³-hybridized carbons (Fsp3) is 0.333. The first-order valence-corrected chi connectivity index (χ1v) is 12.2. The van der Waals surface area contributed by atoms with Crippen molar-refractivity contribution in [1.82, 2.24) is 0 Å². The van der Waals surface area contributed by atoms with Crippen molar-refractivity contribution in [2.45, 2.75) is 26.2 Å². The molecule has 0 radical (unpaired) electrons. The molecule has 3 aliphatic rings. The average molecular weight is 520 g/mol. The lowest BCUT2D eigenvalue weighted by Crippen LogP contribution is -2.31. The number of nitro benzene ring substituents is 1. The summed E-state index contributed by atoms with van der Waals surface area (Å²) in [6, 6.07) is 10.1. The monoisotopic (exact) mass is 519 g/mol. The normalized spacial score (nSPS) is 22.8. The maximum absolute atomic E-state index is 13.0. The van der Waals surface area contributed by atoms with Gasteiger partial charge in [-0.2, -0.15) is 0 Å². The van der Waals surface area contributed by atoms with Gasteiger partial charge in [0.2, 0.25) is 17.7 Å². The SMILES string of the molecule is COc1cc([N+](=O)[O-])ccc1N1C[C@H](C(=O)Oc2cccc(N3C(=O)[C@H]4CC(C)=CC[C@H]4C3=O)c2)CC1=O. The lowest BCUT2D eigenvalue weighted by Gasteiger charge is -2.19. The van der Waals surface area contributed by atoms with E-state index in [0.29, 0.717) is 24.2 Å². The first kappa shape index (κ1) is 25.1. The van der Waals surface area contributed by atoms with Gasteiger partial charge >= 0.3 is 5.97 Å². The van der Waals surface area contributed by atoms with E-state index in [-0.39, 0.29) is 59.7 Å². The Bertz CT molecular complexity index is 1400. The van der Waals surface area contributed by atoms with Gasteiger partial charge in [0.1, 0.15) is 11.5 Å². The number of fused-ring (bicyclic) bond motifs is 1. The molecule has 3 amide bonds. The zero-order valence-electron chi connectivity index (χ0n) is 20.8. The van der Waals surface area contributed by atoms with E-state index in [1.54, 1.807) is 18.2 Å². The van der Waals surface area contributed by atoms with Crippen molar-refractivity contribution in [2.24, 2.45) is 17.8 Å². The number of nitro groups is 1. The number of anilines is 2. The Balaban J connectivity index is 1.30. The van der Waals surface area contributed by atoms with Gasteiger partial charge in [0, 0.05) is 25.1 Å². The Morgan fingerprint density at radius 1 is 1.05 bits per heavy atom. The highest BCUT2D eigenvalue weighted by atomic mass is 16.6. The molecular weight excluding hydrogens is 494 g/mol. The van der Waals surface area contributed by atoms with Crippen LogP contribution in [0.25, 0.3) is 0 Å². The van der Waals surface area contributed by atoms with Gasteiger partial charge in [-0.25, -0.2) is 4.90 Å². The van der Waals surface area contributed by atoms with Crippen molar-refractivity contribution >= 4 is 40.8 Å². The van der Waals surface area contributed by atoms with E-state index >= 15 is 0 Å². The second kappa shape index (κ2) is 9.73. The van der Waals surface area contributed by atoms with E-state index in [1.165, 1.54) is 41.2 Å². The summed E-state index contributed by atoms with van der Waals surface area (Å²) in [5, 5.41) is 11.1. The van der Waals surface area contributed by atoms with Crippen molar-refractivity contribution in [2.75, 3.05) is 23.5 Å². The zero-order chi connectivity index (χ0) is 27.1. The highest BCUT2D eigenvalue weighted by molar-refractivity contribution is 6.22. The molecule has 5 rings (SSSR count). The number of esters is 1. The molecule has 0 bridgehead atoms. The Morgan fingerprint density at radius 2 is 1.82 bits per heavy atom. The lowest BCUT2D eigenvalue weighted by molar-refractivity contribution is -0.384. The molecule has 1 aliphatic carbocycles. The molecule has 0 saturated carbocycles. The van der Waals surface area contributed by atoms with E-state index in [2.05, 4.69) is 0 Å². The predicted octanol–water partition coefficient (Wildman–Crippen LogP) is 3.41. The van der Waals surface area contributed by atoms with Gasteiger partial charge in [-0.05, 0) is 38.0 Å². The molecule has 0 unspecified atom stereocenters. The highest BCUT2D eigenvalue weighted by Crippen LogP contribution is 2.41. The van der Waals surface area contributed by atoms with Crippen LogP contribution in [0.1, 0.15) is 26.2 Å². The number of carbonyl (C=O) groups excluding carboxylic acids is 4. The van der Waals surface area contributed by atoms with Gasteiger partial charge in [0.25, 0.3) is 5.69 Å². The van der Waals surface area contributed by atoms with Gasteiger partial charge in [0.15, 0.2) is 0 Å². The maximum Gasteiger partial charge on any atom is 0.316 e. The molecule has 2 aromatic rings. The number of rotatable bonds is 6. The molecule has 0 spiro atoms. The van der Waals surface area contributed by atoms with Crippen molar-refractivity contribution < 1.29 is 33.6 Å². The van der Waals surface area contributed by atoms with Crippen LogP contribution >= 0.6 is 0 Å². The first-order chi connectivity index (χ1) is 18.2. The highest BCUT2D eigenvalue weighted by Gasteiger charge is 2.48. The molecule has 2 aliphatic heterocycles. The average Bonchev–Trinajstić information content (AvgIpc) is 3.40. The van der Waals surface area contributed by atoms with E-state index in [1.807, 2.05) is 13.0 Å². The van der Waals surface area contributed by atoms with Crippen LogP contribution in [0.3, 0.4) is 0 Å². The van der Waals surface area contributed by atoms with Crippen LogP contribution in [0, 0.1) is 27.9 Å². The molecule has 2 heterocycles. The molecule has 11 nitrogen and oxygen atoms in total. The van der Waals surface area contributed by atoms with Crippen LogP contribution in [0.2, 0.25) is 0 Å². The minimum Gasteiger partial charge on any atom is -0.494 e. The Labute approximate surface area is 217 Å². The Kier molecular flexibility index (Phi) is 6.43. The van der Waals surface area contributed by atoms with E-state index in [0.717, 1.165) is 5.57 Å². The quantitative estimate of drug-likeness (QED) is 0.141. The summed E-state index contributed by atoms with van der Waals surface area (Å²) in [6.45, 7) is 1.95. The van der Waals surface area contributed by atoms with Gasteiger partial charge in [0.05, 0.1) is 47.2 Å². The molecule has 196 valence electrons. The second-order valence-electron chi connectivity index (χ2n) is 9.65. The van der Waals surface area contributed by atoms with Crippen molar-refractivity contribution in [3.8, 4) is 11.5 Å². The molecule has 2 aromatic carbocycles. The van der Waals surface area contributed by atoms with Gasteiger partial charge in [-0.15, -0.1) is 0 Å². The number of carbonyl (C=O) groups is 4. The third kappa shape index (κ3) is 4.40. The molecule has 2 saturated heterocycles. The van der Waals surface area contributed by atoms with E-state index in [4.69, 9.17) is 9.47 Å². The van der Waals surface area contributed by atoms with Gasteiger partial charge < -0.3 is 14.4 Å². The Morgan fingerprint density at radius 3 is 2.55 bits per heavy atom. The number of hydrogen-bond donors (Lipinski definition) is 0. The molecule has 2 fully saturated rings. The molecule has 38 heavy (non-hydrogen) atoms. The summed E-state index contributed by atoms with van der Waals surface area (Å²) in [6.07, 6.45) is 2.95. The number of amides is 3. The summed E-state index contributed by atoms with van der Waals surface area (Å²) in [7, 11) is 1.34. The van der Waals surface area contributed by atoms with E-state index in [9.17, 15) is 29.3 Å². The minimum atomic E-state index is -0.793.